The molecule has 2 aliphatic rings. The molecule has 2 aromatic carbocycles. The quantitative estimate of drug-likeness (QED) is 0.0891. The number of rotatable bonds is 14. The Bertz CT molecular complexity index is 2020. The van der Waals surface area contributed by atoms with Crippen LogP contribution in [0.1, 0.15) is 61.1 Å². The number of aromatic nitrogens is 2. The molecule has 0 radical (unpaired) electrons. The molecule has 4 heterocycles. The summed E-state index contributed by atoms with van der Waals surface area (Å²) in [6.45, 7) is 3.99. The fraction of sp³-hybridized carbons (Fsp3) is 0.308. The largest absolute Gasteiger partial charge is 0.490 e. The number of carbonyl (C=O) groups excluding carboxylic acids is 5. The van der Waals surface area contributed by atoms with Gasteiger partial charge in [0.2, 0.25) is 17.6 Å². The Morgan fingerprint density at radius 3 is 1.60 bits per heavy atom. The Kier molecular flexibility index (Phi) is 16.2. The first-order valence-electron chi connectivity index (χ1n) is 18.0. The number of ketones is 1. The van der Waals surface area contributed by atoms with Crippen LogP contribution in [0.15, 0.2) is 85.2 Å². The zero-order valence-corrected chi connectivity index (χ0v) is 33.0. The molecule has 0 spiro atoms. The lowest BCUT2D eigenvalue weighted by molar-refractivity contribution is -0.119. The van der Waals surface area contributed by atoms with E-state index in [0.717, 1.165) is 35.1 Å². The van der Waals surface area contributed by atoms with E-state index in [1.807, 2.05) is 26.0 Å². The van der Waals surface area contributed by atoms with Crippen molar-refractivity contribution in [2.75, 3.05) is 18.6 Å². The Labute approximate surface area is 340 Å². The predicted molar refractivity (Wildman–Crippen MR) is 214 cm³/mol. The number of ether oxygens (including phenoxy) is 2. The average molecular weight is 830 g/mol. The van der Waals surface area contributed by atoms with Crippen molar-refractivity contribution in [3.8, 4) is 11.5 Å². The van der Waals surface area contributed by atoms with Crippen LogP contribution in [0.4, 0.5) is 9.59 Å². The van der Waals surface area contributed by atoms with E-state index in [4.69, 9.17) is 35.4 Å². The molecule has 3 unspecified atom stereocenters. The second-order valence-corrected chi connectivity index (χ2v) is 14.6. The topological polar surface area (TPSA) is 174 Å². The molecule has 6 rings (SSSR count). The zero-order chi connectivity index (χ0) is 41.6. The summed E-state index contributed by atoms with van der Waals surface area (Å²) in [6, 6.07) is 20.9. The molecule has 4 amide bonds. The van der Waals surface area contributed by atoms with E-state index in [1.165, 1.54) is 0 Å². The van der Waals surface area contributed by atoms with Crippen LogP contribution >= 0.6 is 46.7 Å². The van der Waals surface area contributed by atoms with Crippen LogP contribution in [0.2, 0.25) is 0 Å². The molecule has 4 aromatic rings. The minimum Gasteiger partial charge on any atom is -0.490 e. The third-order valence-electron chi connectivity index (χ3n) is 7.84. The number of aliphatic hydroxyl groups excluding tert-OH is 1. The average Bonchev–Trinajstić information content (AvgIpc) is 3.62. The molecule has 12 nitrogen and oxygen atoms in total. The lowest BCUT2D eigenvalue weighted by Crippen LogP contribution is -2.25. The molecular formula is C39H40Cl2N4O8S2. The van der Waals surface area contributed by atoms with Crippen LogP contribution in [0.3, 0.4) is 0 Å². The highest BCUT2D eigenvalue weighted by atomic mass is 35.5. The second-order valence-electron chi connectivity index (χ2n) is 11.7. The van der Waals surface area contributed by atoms with Crippen molar-refractivity contribution < 1.29 is 41.3 Å². The first-order valence-corrected chi connectivity index (χ1v) is 19.7. The van der Waals surface area contributed by atoms with Crippen molar-refractivity contribution in [2.45, 2.75) is 56.1 Å². The van der Waals surface area contributed by atoms with E-state index in [9.17, 15) is 29.1 Å². The van der Waals surface area contributed by atoms with E-state index in [0.29, 0.717) is 46.4 Å². The van der Waals surface area contributed by atoms with E-state index >= 15 is 0 Å². The van der Waals surface area contributed by atoms with E-state index in [-0.39, 0.29) is 37.2 Å². The molecule has 55 heavy (non-hydrogen) atoms. The van der Waals surface area contributed by atoms with Crippen molar-refractivity contribution >= 4 is 74.8 Å². The van der Waals surface area contributed by atoms with Crippen LogP contribution in [-0.4, -0.2) is 72.2 Å². The van der Waals surface area contributed by atoms with Gasteiger partial charge in [0.1, 0.15) is 29.9 Å². The van der Waals surface area contributed by atoms with Gasteiger partial charge in [-0.2, -0.15) is 0 Å². The maximum absolute atomic E-state index is 12.1. The van der Waals surface area contributed by atoms with Crippen LogP contribution in [0.5, 0.6) is 11.5 Å². The summed E-state index contributed by atoms with van der Waals surface area (Å²) in [5, 5.41) is 10.6. The maximum Gasteiger partial charge on any atom is 0.286 e. The Balaban J connectivity index is 0.000000236. The summed E-state index contributed by atoms with van der Waals surface area (Å²) in [7, 11) is 0. The fourth-order valence-electron chi connectivity index (χ4n) is 4.83. The van der Waals surface area contributed by atoms with Gasteiger partial charge in [-0.3, -0.25) is 44.6 Å². The van der Waals surface area contributed by atoms with Gasteiger partial charge in [0.25, 0.3) is 10.5 Å². The summed E-state index contributed by atoms with van der Waals surface area (Å²) >= 11 is 10.9. The second kappa shape index (κ2) is 22.2. The normalized spacial score (nSPS) is 19.7. The van der Waals surface area contributed by atoms with Crippen molar-refractivity contribution in [1.29, 1.82) is 0 Å². The lowest BCUT2D eigenvalue weighted by atomic mass is 10.1. The number of thioether (sulfide) groups is 2. The minimum absolute atomic E-state index is 0.0625. The Morgan fingerprint density at radius 2 is 1.20 bits per heavy atom. The predicted octanol–water partition coefficient (Wildman–Crippen LogP) is 6.87. The summed E-state index contributed by atoms with van der Waals surface area (Å²) in [5.74, 6) is -0.366. The van der Waals surface area contributed by atoms with Gasteiger partial charge in [0.15, 0.2) is 6.61 Å². The lowest BCUT2D eigenvalue weighted by Gasteiger charge is -2.13. The van der Waals surface area contributed by atoms with Gasteiger partial charge in [-0.05, 0) is 84.3 Å². The summed E-state index contributed by atoms with van der Waals surface area (Å²) in [4.78, 5) is 66.5. The molecule has 2 aromatic heterocycles. The van der Waals surface area contributed by atoms with Gasteiger partial charge < -0.3 is 14.6 Å². The highest BCUT2D eigenvalue weighted by molar-refractivity contribution is 8.15. The number of aryl methyl sites for hydroxylation is 2. The number of alkyl halides is 2. The number of amides is 4. The molecule has 0 bridgehead atoms. The maximum atomic E-state index is 12.1. The van der Waals surface area contributed by atoms with E-state index in [1.54, 1.807) is 73.1 Å². The molecule has 2 fully saturated rings. The van der Waals surface area contributed by atoms with Crippen molar-refractivity contribution in [2.24, 2.45) is 0 Å². The smallest absolute Gasteiger partial charge is 0.286 e. The number of carbonyl (C=O) groups is 5. The third kappa shape index (κ3) is 14.0. The standard InChI is InChI=1S/C19H20N2O4S.C19H18N2O4S.CH2Cl2/c2*1-2-12-5-8-15(20-10-12)16(22)11-25-14-6-3-13(4-7-14)9-17-18(23)21-19(24)26-17;2-1-3/h3-8,10,16-17,22H,2,9,11H2,1H3,(H,21,23,24);3-8,10,17H,2,9,11H2,1H3,(H,21,23,24);1H2/i2*17D;. The summed E-state index contributed by atoms with van der Waals surface area (Å²) < 4.78 is 27.3. The van der Waals surface area contributed by atoms with Crippen LogP contribution in [-0.2, 0) is 35.3 Å². The Hall–Kier alpha value is -4.47. The highest BCUT2D eigenvalue weighted by Gasteiger charge is 2.32. The van der Waals surface area contributed by atoms with Gasteiger partial charge in [0, 0.05) is 12.4 Å². The number of halogens is 2. The Morgan fingerprint density at radius 1 is 0.745 bits per heavy atom. The third-order valence-corrected chi connectivity index (χ3v) is 9.57. The SMILES string of the molecule is ClCCl.[2H]C1(Cc2ccc(OCC(=O)c3ccc(CC)cn3)cc2)SC(=O)NC1=O.[2H]C1(Cc2ccc(OCC(O)c3ccc(CC)cn3)cc2)SC(=O)NC1=O. The number of benzene rings is 2. The van der Waals surface area contributed by atoms with Crippen molar-refractivity contribution in [1.82, 2.24) is 20.6 Å². The molecule has 2 saturated heterocycles. The van der Waals surface area contributed by atoms with Gasteiger partial charge in [-0.15, -0.1) is 23.2 Å². The van der Waals surface area contributed by atoms with Gasteiger partial charge >= 0.3 is 0 Å². The van der Waals surface area contributed by atoms with Crippen LogP contribution in [0, 0.1) is 0 Å². The molecule has 0 saturated carbocycles. The highest BCUT2D eigenvalue weighted by Crippen LogP contribution is 2.25. The van der Waals surface area contributed by atoms with Crippen LogP contribution in [0.25, 0.3) is 0 Å². The molecular weight excluding hydrogens is 787 g/mol. The molecule has 16 heteroatoms. The van der Waals surface area contributed by atoms with E-state index in [2.05, 4.69) is 20.6 Å². The first kappa shape index (κ1) is 40.2. The van der Waals surface area contributed by atoms with E-state index < -0.39 is 38.8 Å². The van der Waals surface area contributed by atoms with Gasteiger partial charge in [-0.1, -0.05) is 73.8 Å². The van der Waals surface area contributed by atoms with Crippen LogP contribution < -0.4 is 20.1 Å². The molecule has 290 valence electrons. The van der Waals surface area contributed by atoms with Crippen molar-refractivity contribution in [3.63, 3.8) is 0 Å². The van der Waals surface area contributed by atoms with Crippen molar-refractivity contribution in [3.05, 3.63) is 119 Å². The molecule has 2 aliphatic heterocycles. The number of hydrogen-bond acceptors (Lipinski definition) is 12. The number of imide groups is 2. The molecule has 0 aliphatic carbocycles. The van der Waals surface area contributed by atoms with Gasteiger partial charge in [0.05, 0.1) is 24.2 Å². The number of hydrogen-bond donors (Lipinski definition) is 3. The molecule has 3 atom stereocenters. The number of Topliss-reactive ketones (excluding diaryl/α,β-unsaturated/α-hetero) is 1. The summed E-state index contributed by atoms with van der Waals surface area (Å²) in [6.07, 6.45) is 4.55. The number of aliphatic hydroxyl groups is 1. The number of pyridine rings is 2. The zero-order valence-electron chi connectivity index (χ0n) is 31.9. The fourth-order valence-corrected chi connectivity index (χ4v) is 6.33. The number of nitrogens with one attached hydrogen (secondary N) is 2. The number of nitrogens with zero attached hydrogens (tertiary/aromatic N) is 2. The van der Waals surface area contributed by atoms with Gasteiger partial charge in [-0.25, -0.2) is 0 Å². The monoisotopic (exact) mass is 828 g/mol. The first-order chi connectivity index (χ1) is 27.2. The summed E-state index contributed by atoms with van der Waals surface area (Å²) in [5.41, 5.74) is 4.53. The minimum atomic E-state index is -1.55. The molecule has 3 N–H and O–H groups in total.